The van der Waals surface area contributed by atoms with Gasteiger partial charge in [0.2, 0.25) is 0 Å². The van der Waals surface area contributed by atoms with Crippen LogP contribution in [0.15, 0.2) is 0 Å². The van der Waals surface area contributed by atoms with E-state index in [9.17, 15) is 4.79 Å². The number of hydrogen-bond acceptors (Lipinski definition) is 2. The summed E-state index contributed by atoms with van der Waals surface area (Å²) in [6.07, 6.45) is 6.71. The summed E-state index contributed by atoms with van der Waals surface area (Å²) in [5.41, 5.74) is -0.403. The zero-order chi connectivity index (χ0) is 13.3. The van der Waals surface area contributed by atoms with Gasteiger partial charge in [-0.15, -0.1) is 0 Å². The minimum absolute atomic E-state index is 0.227. The first kappa shape index (κ1) is 16.3. The molecule has 3 heteroatoms. The van der Waals surface area contributed by atoms with E-state index in [1.807, 2.05) is 20.8 Å². The van der Waals surface area contributed by atoms with Gasteiger partial charge in [0.05, 0.1) is 0 Å². The lowest BCUT2D eigenvalue weighted by molar-refractivity contribution is 0.0296. The molecule has 0 aliphatic carbocycles. The average Bonchev–Trinajstić information content (AvgIpc) is 2.20. The Morgan fingerprint density at radius 3 is 2.18 bits per heavy atom. The Labute approximate surface area is 107 Å². The van der Waals surface area contributed by atoms with Crippen molar-refractivity contribution in [2.45, 2.75) is 64.9 Å². The smallest absolute Gasteiger partial charge is 0.410 e. The van der Waals surface area contributed by atoms with E-state index in [-0.39, 0.29) is 6.09 Å². The minimum Gasteiger partial charge on any atom is -0.444 e. The summed E-state index contributed by atoms with van der Waals surface area (Å²) in [5, 5.41) is 0. The van der Waals surface area contributed by atoms with Gasteiger partial charge in [0.25, 0.3) is 0 Å². The van der Waals surface area contributed by atoms with Crippen LogP contribution in [0.25, 0.3) is 0 Å². The first-order chi connectivity index (χ1) is 7.87. The summed E-state index contributed by atoms with van der Waals surface area (Å²) in [4.78, 5) is 13.3. The molecule has 0 unspecified atom stereocenters. The fourth-order valence-electron chi connectivity index (χ4n) is 1.49. The van der Waals surface area contributed by atoms with E-state index >= 15 is 0 Å². The summed E-state index contributed by atoms with van der Waals surface area (Å²) < 4.78 is 5.27. The van der Waals surface area contributed by atoms with Crippen LogP contribution in [0.4, 0.5) is 4.79 Å². The third-order valence-electron chi connectivity index (χ3n) is 2.45. The molecule has 0 spiro atoms. The fourth-order valence-corrected chi connectivity index (χ4v) is 1.49. The Morgan fingerprint density at radius 2 is 1.65 bits per heavy atom. The summed E-state index contributed by atoms with van der Waals surface area (Å²) in [6, 6.07) is 0. The number of unbranched alkanes of at least 4 members (excludes halogenated alkanes) is 5. The largest absolute Gasteiger partial charge is 0.444 e. The number of amides is 1. The van der Waals surface area contributed by atoms with Crippen LogP contribution in [0.2, 0.25) is 0 Å². The number of rotatable bonds is 7. The van der Waals surface area contributed by atoms with Crippen LogP contribution in [-0.4, -0.2) is 30.2 Å². The van der Waals surface area contributed by atoms with Crippen molar-refractivity contribution in [1.29, 1.82) is 0 Å². The molecular formula is C14H28NO2. The molecule has 0 aromatic carbocycles. The van der Waals surface area contributed by atoms with Gasteiger partial charge < -0.3 is 9.64 Å². The van der Waals surface area contributed by atoms with Crippen LogP contribution in [-0.2, 0) is 4.74 Å². The maximum absolute atomic E-state index is 11.6. The SMILES string of the molecule is [CH2]CCCCCCCN(C)C(=O)OC(C)(C)C. The molecule has 0 saturated heterocycles. The summed E-state index contributed by atoms with van der Waals surface area (Å²) in [6.45, 7) is 10.3. The maximum atomic E-state index is 11.6. The molecule has 17 heavy (non-hydrogen) atoms. The van der Waals surface area contributed by atoms with Crippen molar-refractivity contribution in [3.05, 3.63) is 6.92 Å². The number of carbonyl (C=O) groups excluding carboxylic acids is 1. The Hall–Kier alpha value is -0.730. The van der Waals surface area contributed by atoms with Crippen molar-refractivity contribution in [3.8, 4) is 0 Å². The van der Waals surface area contributed by atoms with Crippen molar-refractivity contribution in [2.75, 3.05) is 13.6 Å². The minimum atomic E-state index is -0.403. The average molecular weight is 242 g/mol. The normalized spacial score (nSPS) is 11.4. The van der Waals surface area contributed by atoms with Crippen molar-refractivity contribution in [2.24, 2.45) is 0 Å². The molecular weight excluding hydrogens is 214 g/mol. The van der Waals surface area contributed by atoms with Gasteiger partial charge in [-0.25, -0.2) is 4.79 Å². The summed E-state index contributed by atoms with van der Waals surface area (Å²) in [7, 11) is 1.80. The third-order valence-corrected chi connectivity index (χ3v) is 2.45. The number of nitrogens with zero attached hydrogens (tertiary/aromatic N) is 1. The highest BCUT2D eigenvalue weighted by Gasteiger charge is 2.18. The van der Waals surface area contributed by atoms with Gasteiger partial charge in [-0.2, -0.15) is 0 Å². The molecule has 0 aliphatic heterocycles. The highest BCUT2D eigenvalue weighted by Crippen LogP contribution is 2.10. The molecule has 101 valence electrons. The van der Waals surface area contributed by atoms with Gasteiger partial charge >= 0.3 is 6.09 Å². The van der Waals surface area contributed by atoms with Crippen molar-refractivity contribution < 1.29 is 9.53 Å². The van der Waals surface area contributed by atoms with Crippen molar-refractivity contribution in [3.63, 3.8) is 0 Å². The lowest BCUT2D eigenvalue weighted by Crippen LogP contribution is -2.34. The first-order valence-corrected chi connectivity index (χ1v) is 6.60. The predicted molar refractivity (Wildman–Crippen MR) is 71.9 cm³/mol. The van der Waals surface area contributed by atoms with E-state index in [0.717, 1.165) is 19.4 Å². The molecule has 1 radical (unpaired) electrons. The maximum Gasteiger partial charge on any atom is 0.410 e. The molecule has 3 nitrogen and oxygen atoms in total. The van der Waals surface area contributed by atoms with Crippen LogP contribution < -0.4 is 0 Å². The monoisotopic (exact) mass is 242 g/mol. The van der Waals surface area contributed by atoms with Gasteiger partial charge in [0.1, 0.15) is 5.60 Å². The second-order valence-electron chi connectivity index (χ2n) is 5.52. The van der Waals surface area contributed by atoms with E-state index < -0.39 is 5.60 Å². The lowest BCUT2D eigenvalue weighted by Gasteiger charge is -2.24. The van der Waals surface area contributed by atoms with Gasteiger partial charge in [-0.3, -0.25) is 0 Å². The molecule has 0 N–H and O–H groups in total. The zero-order valence-corrected chi connectivity index (χ0v) is 11.9. The molecule has 0 aromatic heterocycles. The molecule has 0 aromatic rings. The van der Waals surface area contributed by atoms with Crippen molar-refractivity contribution >= 4 is 6.09 Å². The summed E-state index contributed by atoms with van der Waals surface area (Å²) in [5.74, 6) is 0. The zero-order valence-electron chi connectivity index (χ0n) is 11.9. The van der Waals surface area contributed by atoms with Crippen LogP contribution in [0.3, 0.4) is 0 Å². The molecule has 0 heterocycles. The molecule has 0 saturated carbocycles. The summed E-state index contributed by atoms with van der Waals surface area (Å²) >= 11 is 0. The first-order valence-electron chi connectivity index (χ1n) is 6.60. The van der Waals surface area contributed by atoms with Gasteiger partial charge in [0.15, 0.2) is 0 Å². The fraction of sp³-hybridized carbons (Fsp3) is 0.857. The van der Waals surface area contributed by atoms with E-state index in [4.69, 9.17) is 4.74 Å². The molecule has 1 amide bonds. The van der Waals surface area contributed by atoms with Crippen LogP contribution >= 0.6 is 0 Å². The van der Waals surface area contributed by atoms with Gasteiger partial charge in [-0.1, -0.05) is 39.0 Å². The Morgan fingerprint density at radius 1 is 1.12 bits per heavy atom. The topological polar surface area (TPSA) is 29.5 Å². The standard InChI is InChI=1S/C14H28NO2/c1-6-7-8-9-10-11-12-15(5)13(16)17-14(2,3)4/h1,6-12H2,2-5H3. The number of hydrogen-bond donors (Lipinski definition) is 0. The lowest BCUT2D eigenvalue weighted by atomic mass is 10.1. The van der Waals surface area contributed by atoms with E-state index in [1.165, 1.54) is 25.7 Å². The molecule has 0 rings (SSSR count). The quantitative estimate of drug-likeness (QED) is 0.631. The van der Waals surface area contributed by atoms with Gasteiger partial charge in [0, 0.05) is 13.6 Å². The highest BCUT2D eigenvalue weighted by molar-refractivity contribution is 5.67. The number of carbonyl (C=O) groups is 1. The van der Waals surface area contributed by atoms with Crippen LogP contribution in [0.1, 0.15) is 59.3 Å². The Kier molecular flexibility index (Phi) is 8.01. The molecule has 0 fully saturated rings. The number of ether oxygens (including phenoxy) is 1. The second-order valence-corrected chi connectivity index (χ2v) is 5.52. The van der Waals surface area contributed by atoms with E-state index in [2.05, 4.69) is 6.92 Å². The molecule has 0 bridgehead atoms. The Bertz CT molecular complexity index is 209. The van der Waals surface area contributed by atoms with E-state index in [1.54, 1.807) is 11.9 Å². The van der Waals surface area contributed by atoms with Gasteiger partial charge in [-0.05, 0) is 27.2 Å². The van der Waals surface area contributed by atoms with E-state index in [0.29, 0.717) is 0 Å². The van der Waals surface area contributed by atoms with Crippen molar-refractivity contribution in [1.82, 2.24) is 4.90 Å². The Balaban J connectivity index is 3.58. The van der Waals surface area contributed by atoms with Crippen LogP contribution in [0.5, 0.6) is 0 Å². The molecule has 0 atom stereocenters. The third kappa shape index (κ3) is 10.2. The predicted octanol–water partition coefficient (Wildman–Crippen LogP) is 4.03. The molecule has 0 aliphatic rings. The second kappa shape index (κ2) is 8.37. The highest BCUT2D eigenvalue weighted by atomic mass is 16.6. The van der Waals surface area contributed by atoms with Crippen LogP contribution in [0, 0.1) is 6.92 Å².